The lowest BCUT2D eigenvalue weighted by atomic mass is 10.2. The highest BCUT2D eigenvalue weighted by molar-refractivity contribution is 7.86. The molecule has 0 amide bonds. The first-order valence-corrected chi connectivity index (χ1v) is 7.75. The zero-order valence-electron chi connectivity index (χ0n) is 11.3. The van der Waals surface area contributed by atoms with Crippen molar-refractivity contribution in [1.82, 2.24) is 13.5 Å². The van der Waals surface area contributed by atoms with E-state index in [4.69, 9.17) is 5.26 Å². The summed E-state index contributed by atoms with van der Waals surface area (Å²) in [7, 11) is -3.32. The summed E-state index contributed by atoms with van der Waals surface area (Å²) in [6.45, 7) is 8.68. The van der Waals surface area contributed by atoms with Gasteiger partial charge in [0.05, 0.1) is 12.1 Å². The molecule has 7 heteroatoms. The Balaban J connectivity index is 2.66. The van der Waals surface area contributed by atoms with Crippen molar-refractivity contribution >= 4 is 10.2 Å². The highest BCUT2D eigenvalue weighted by Crippen LogP contribution is 2.13. The predicted molar refractivity (Wildman–Crippen MR) is 70.1 cm³/mol. The van der Waals surface area contributed by atoms with E-state index >= 15 is 0 Å². The molecule has 104 valence electrons. The van der Waals surface area contributed by atoms with Gasteiger partial charge in [-0.15, -0.1) is 0 Å². The Hall–Kier alpha value is -0.680. The van der Waals surface area contributed by atoms with E-state index in [0.29, 0.717) is 39.3 Å². The maximum Gasteiger partial charge on any atom is 0.282 e. The van der Waals surface area contributed by atoms with Crippen molar-refractivity contribution in [2.45, 2.75) is 26.8 Å². The Labute approximate surface area is 110 Å². The van der Waals surface area contributed by atoms with Gasteiger partial charge < -0.3 is 0 Å². The van der Waals surface area contributed by atoms with E-state index in [1.54, 1.807) is 0 Å². The van der Waals surface area contributed by atoms with Gasteiger partial charge in [0.2, 0.25) is 0 Å². The van der Waals surface area contributed by atoms with Crippen molar-refractivity contribution in [3.63, 3.8) is 0 Å². The van der Waals surface area contributed by atoms with Crippen molar-refractivity contribution in [3.05, 3.63) is 0 Å². The minimum atomic E-state index is -3.32. The van der Waals surface area contributed by atoms with Gasteiger partial charge >= 0.3 is 0 Å². The summed E-state index contributed by atoms with van der Waals surface area (Å²) in [6.07, 6.45) is 0. The molecule has 1 unspecified atom stereocenters. The van der Waals surface area contributed by atoms with Crippen LogP contribution >= 0.6 is 0 Å². The molecule has 0 bridgehead atoms. The number of nitrogens with zero attached hydrogens (tertiary/aromatic N) is 4. The quantitative estimate of drug-likeness (QED) is 0.713. The lowest BCUT2D eigenvalue weighted by Gasteiger charge is -2.37. The second kappa shape index (κ2) is 6.48. The molecule has 18 heavy (non-hydrogen) atoms. The van der Waals surface area contributed by atoms with Crippen LogP contribution in [0.3, 0.4) is 0 Å². The van der Waals surface area contributed by atoms with Gasteiger partial charge in [0.25, 0.3) is 10.2 Å². The van der Waals surface area contributed by atoms with Gasteiger partial charge in [0.1, 0.15) is 0 Å². The van der Waals surface area contributed by atoms with E-state index < -0.39 is 10.2 Å². The molecular formula is C11H22N4O2S. The topological polar surface area (TPSA) is 67.7 Å². The Morgan fingerprint density at radius 3 is 2.11 bits per heavy atom. The second-order valence-electron chi connectivity index (χ2n) is 4.33. The van der Waals surface area contributed by atoms with E-state index in [2.05, 4.69) is 6.07 Å². The van der Waals surface area contributed by atoms with E-state index in [0.717, 1.165) is 0 Å². The van der Waals surface area contributed by atoms with Crippen LogP contribution in [0.5, 0.6) is 0 Å². The summed E-state index contributed by atoms with van der Waals surface area (Å²) in [5.41, 5.74) is 0. The predicted octanol–water partition coefficient (Wildman–Crippen LogP) is 0.103. The van der Waals surface area contributed by atoms with Crippen molar-refractivity contribution in [2.75, 3.05) is 39.3 Å². The Bertz CT molecular complexity index is 392. The molecule has 1 saturated heterocycles. The van der Waals surface area contributed by atoms with Crippen LogP contribution in [-0.4, -0.2) is 67.2 Å². The lowest BCUT2D eigenvalue weighted by molar-refractivity contribution is 0.164. The monoisotopic (exact) mass is 274 g/mol. The van der Waals surface area contributed by atoms with E-state index in [9.17, 15) is 8.42 Å². The Morgan fingerprint density at radius 2 is 1.72 bits per heavy atom. The van der Waals surface area contributed by atoms with Gasteiger partial charge in [-0.25, -0.2) is 0 Å². The van der Waals surface area contributed by atoms with E-state index in [1.807, 2.05) is 25.7 Å². The molecule has 0 radical (unpaired) electrons. The molecule has 1 atom stereocenters. The van der Waals surface area contributed by atoms with Crippen LogP contribution in [0.1, 0.15) is 20.8 Å². The highest BCUT2D eigenvalue weighted by atomic mass is 32.2. The average molecular weight is 274 g/mol. The smallest absolute Gasteiger partial charge is 0.282 e. The summed E-state index contributed by atoms with van der Waals surface area (Å²) in [6, 6.07) is 2.03. The van der Waals surface area contributed by atoms with Crippen LogP contribution in [0.2, 0.25) is 0 Å². The van der Waals surface area contributed by atoms with Gasteiger partial charge in [-0.2, -0.15) is 22.3 Å². The zero-order chi connectivity index (χ0) is 13.8. The molecule has 1 fully saturated rings. The van der Waals surface area contributed by atoms with E-state index in [-0.39, 0.29) is 6.04 Å². The van der Waals surface area contributed by atoms with Gasteiger partial charge in [-0.3, -0.25) is 4.90 Å². The normalized spacial score (nSPS) is 20.8. The summed E-state index contributed by atoms with van der Waals surface area (Å²) in [4.78, 5) is 2.01. The van der Waals surface area contributed by atoms with Crippen LogP contribution in [0, 0.1) is 11.3 Å². The van der Waals surface area contributed by atoms with Crippen LogP contribution in [0.4, 0.5) is 0 Å². The van der Waals surface area contributed by atoms with Crippen LogP contribution in [-0.2, 0) is 10.2 Å². The number of hydrogen-bond acceptors (Lipinski definition) is 4. The molecule has 1 heterocycles. The third-order valence-electron chi connectivity index (χ3n) is 3.37. The van der Waals surface area contributed by atoms with Gasteiger partial charge in [0.15, 0.2) is 0 Å². The largest absolute Gasteiger partial charge is 0.286 e. The fourth-order valence-electron chi connectivity index (χ4n) is 2.12. The Kier molecular flexibility index (Phi) is 5.53. The van der Waals surface area contributed by atoms with Crippen molar-refractivity contribution in [3.8, 4) is 6.07 Å². The standard InChI is InChI=1S/C11H22N4O2S/c1-4-14(5-2)18(16,17)15-8-6-13(7-9-15)11(3)10-12/h11H,4-9H2,1-3H3. The highest BCUT2D eigenvalue weighted by Gasteiger charge is 2.31. The molecule has 0 aliphatic carbocycles. The molecule has 1 aliphatic heterocycles. The molecule has 0 N–H and O–H groups in total. The fourth-order valence-corrected chi connectivity index (χ4v) is 3.72. The SMILES string of the molecule is CCN(CC)S(=O)(=O)N1CCN(C(C)C#N)CC1. The van der Waals surface area contributed by atoms with Crippen molar-refractivity contribution in [2.24, 2.45) is 0 Å². The van der Waals surface area contributed by atoms with Crippen LogP contribution < -0.4 is 0 Å². The van der Waals surface area contributed by atoms with Crippen LogP contribution in [0.15, 0.2) is 0 Å². The molecule has 1 rings (SSSR count). The molecular weight excluding hydrogens is 252 g/mol. The molecule has 1 aliphatic rings. The number of nitriles is 1. The molecule has 0 spiro atoms. The first-order valence-electron chi connectivity index (χ1n) is 6.36. The minimum absolute atomic E-state index is 0.150. The van der Waals surface area contributed by atoms with Gasteiger partial charge in [0, 0.05) is 39.3 Å². The third kappa shape index (κ3) is 3.20. The van der Waals surface area contributed by atoms with Crippen LogP contribution in [0.25, 0.3) is 0 Å². The fraction of sp³-hybridized carbons (Fsp3) is 0.909. The molecule has 0 saturated carbocycles. The first kappa shape index (κ1) is 15.4. The minimum Gasteiger partial charge on any atom is -0.286 e. The Morgan fingerprint density at radius 1 is 1.22 bits per heavy atom. The molecule has 0 aromatic heterocycles. The number of hydrogen-bond donors (Lipinski definition) is 0. The first-order chi connectivity index (χ1) is 8.47. The maximum atomic E-state index is 12.3. The van der Waals surface area contributed by atoms with Crippen molar-refractivity contribution in [1.29, 1.82) is 5.26 Å². The summed E-state index contributed by atoms with van der Waals surface area (Å²) < 4.78 is 27.5. The number of piperazine rings is 1. The lowest BCUT2D eigenvalue weighted by Crippen LogP contribution is -2.54. The average Bonchev–Trinajstić information content (AvgIpc) is 2.39. The second-order valence-corrected chi connectivity index (χ2v) is 6.26. The molecule has 0 aromatic carbocycles. The maximum absolute atomic E-state index is 12.3. The van der Waals surface area contributed by atoms with Gasteiger partial charge in [-0.1, -0.05) is 13.8 Å². The molecule has 0 aromatic rings. The summed E-state index contributed by atoms with van der Waals surface area (Å²) in [5.74, 6) is 0. The number of rotatable bonds is 5. The van der Waals surface area contributed by atoms with Crippen molar-refractivity contribution < 1.29 is 8.42 Å². The van der Waals surface area contributed by atoms with E-state index in [1.165, 1.54) is 8.61 Å². The van der Waals surface area contributed by atoms with Gasteiger partial charge in [-0.05, 0) is 6.92 Å². The molecule has 6 nitrogen and oxygen atoms in total. The summed E-state index contributed by atoms with van der Waals surface area (Å²) >= 11 is 0. The third-order valence-corrected chi connectivity index (χ3v) is 5.55. The summed E-state index contributed by atoms with van der Waals surface area (Å²) in [5, 5.41) is 8.85. The zero-order valence-corrected chi connectivity index (χ0v) is 12.2.